The summed E-state index contributed by atoms with van der Waals surface area (Å²) in [4.78, 5) is 0. The number of methoxy groups -OCH3 is 1. The van der Waals surface area contributed by atoms with Crippen LogP contribution in [0.5, 0.6) is 0 Å². The lowest BCUT2D eigenvalue weighted by atomic mass is 9.93. The van der Waals surface area contributed by atoms with Crippen LogP contribution in [0.3, 0.4) is 0 Å². The predicted molar refractivity (Wildman–Crippen MR) is 41.1 cm³/mol. The van der Waals surface area contributed by atoms with Gasteiger partial charge in [0.05, 0.1) is 6.00 Å². The van der Waals surface area contributed by atoms with Gasteiger partial charge in [-0.15, -0.1) is 0 Å². The van der Waals surface area contributed by atoms with E-state index in [2.05, 4.69) is 0 Å². The van der Waals surface area contributed by atoms with Crippen LogP contribution < -0.4 is 0 Å². The smallest absolute Gasteiger partial charge is 0.261 e. The third-order valence-corrected chi connectivity index (χ3v) is 2.07. The van der Waals surface area contributed by atoms with E-state index in [9.17, 15) is 9.50 Å². The average molecular weight is 178 g/mol. The predicted octanol–water partition coefficient (Wildman–Crippen LogP) is -1.99. The summed E-state index contributed by atoms with van der Waals surface area (Å²) in [6, 6.07) is -0.660. The van der Waals surface area contributed by atoms with E-state index in [-0.39, 0.29) is 0 Å². The Hall–Kier alpha value is -0.165. The first kappa shape index (κ1) is 9.92. The molecule has 0 spiro atoms. The van der Waals surface area contributed by atoms with Gasteiger partial charge >= 0.3 is 0 Å². The summed E-state index contributed by atoms with van der Waals surface area (Å²) in [5.41, 5.74) is 0. The molecule has 4 atom stereocenters. The largest absolute Gasteiger partial charge is 0.390 e. The highest BCUT2D eigenvalue weighted by Gasteiger charge is 2.54. The molecule has 1 aliphatic heterocycles. The van der Waals surface area contributed by atoms with E-state index >= 15 is 0 Å². The second-order valence-corrected chi connectivity index (χ2v) is 2.91. The molecule has 0 radical (unpaired) electrons. The Morgan fingerprint density at radius 3 is 2.67 bits per heavy atom. The Morgan fingerprint density at radius 1 is 1.75 bits per heavy atom. The fourth-order valence-corrected chi connectivity index (χ4v) is 1.39. The van der Waals surface area contributed by atoms with Crippen molar-refractivity contribution in [2.24, 2.45) is 0 Å². The van der Waals surface area contributed by atoms with Gasteiger partial charge in [0, 0.05) is 7.11 Å². The molecule has 4 nitrogen and oxygen atoms in total. The monoisotopic (exact) mass is 178 g/mol. The van der Waals surface area contributed by atoms with Gasteiger partial charge in [0.2, 0.25) is 0 Å². The molecule has 0 aliphatic carbocycles. The molecule has 1 heterocycles. The standard InChI is InChI=1S/C6H12BFO4/c1-11-4-3(10)5(7)12-6(4,8)2-9/h3-5,9-10H,2,7H2,1H3/t3-,4?,5+,6+/m0/s1. The summed E-state index contributed by atoms with van der Waals surface area (Å²) in [6.45, 7) is -0.813. The van der Waals surface area contributed by atoms with Crippen molar-refractivity contribution in [2.45, 2.75) is 24.1 Å². The second kappa shape index (κ2) is 3.29. The molecule has 1 unspecified atom stereocenters. The molecule has 0 amide bonds. The minimum atomic E-state index is -2.27. The highest BCUT2D eigenvalue weighted by atomic mass is 19.2. The highest BCUT2D eigenvalue weighted by Crippen LogP contribution is 2.32. The van der Waals surface area contributed by atoms with Gasteiger partial charge in [-0.05, 0) is 0 Å². The third-order valence-electron chi connectivity index (χ3n) is 2.07. The molecule has 1 aliphatic rings. The maximum absolute atomic E-state index is 13.5. The van der Waals surface area contributed by atoms with Gasteiger partial charge in [-0.3, -0.25) is 0 Å². The van der Waals surface area contributed by atoms with Crippen LogP contribution in [0.25, 0.3) is 0 Å². The Balaban J connectivity index is 2.77. The molecule has 2 N–H and O–H groups in total. The molecular weight excluding hydrogens is 166 g/mol. The molecule has 1 rings (SSSR count). The van der Waals surface area contributed by atoms with Gasteiger partial charge in [0.1, 0.15) is 26.7 Å². The normalized spacial score (nSPS) is 48.2. The number of aliphatic hydroxyl groups is 2. The van der Waals surface area contributed by atoms with E-state index in [1.807, 2.05) is 0 Å². The van der Waals surface area contributed by atoms with Crippen LogP contribution in [0.4, 0.5) is 4.39 Å². The summed E-state index contributed by atoms with van der Waals surface area (Å²) in [7, 11) is 2.78. The van der Waals surface area contributed by atoms with E-state index in [1.165, 1.54) is 15.0 Å². The summed E-state index contributed by atoms with van der Waals surface area (Å²) in [5, 5.41) is 18.0. The zero-order valence-corrected chi connectivity index (χ0v) is 7.03. The van der Waals surface area contributed by atoms with Crippen LogP contribution in [0.1, 0.15) is 0 Å². The van der Waals surface area contributed by atoms with Crippen molar-refractivity contribution < 1.29 is 24.1 Å². The maximum atomic E-state index is 13.5. The molecule has 0 aromatic rings. The van der Waals surface area contributed by atoms with Gasteiger partial charge in [0.15, 0.2) is 0 Å². The molecule has 0 bridgehead atoms. The average Bonchev–Trinajstić information content (AvgIpc) is 2.25. The third kappa shape index (κ3) is 1.35. The Labute approximate surface area is 70.7 Å². The first-order valence-corrected chi connectivity index (χ1v) is 3.73. The van der Waals surface area contributed by atoms with Crippen LogP contribution >= 0.6 is 0 Å². The van der Waals surface area contributed by atoms with Gasteiger partial charge in [-0.2, -0.15) is 0 Å². The van der Waals surface area contributed by atoms with Crippen molar-refractivity contribution in [3.8, 4) is 0 Å². The lowest BCUT2D eigenvalue weighted by molar-refractivity contribution is -0.194. The summed E-state index contributed by atoms with van der Waals surface area (Å²) in [5.74, 6) is -2.27. The van der Waals surface area contributed by atoms with Crippen molar-refractivity contribution >= 4 is 7.85 Å². The first-order valence-electron chi connectivity index (χ1n) is 3.73. The number of rotatable bonds is 2. The molecule has 70 valence electrons. The fraction of sp³-hybridized carbons (Fsp3) is 1.00. The zero-order valence-electron chi connectivity index (χ0n) is 7.03. The number of aliphatic hydroxyl groups excluding tert-OH is 2. The van der Waals surface area contributed by atoms with Crippen molar-refractivity contribution in [3.63, 3.8) is 0 Å². The lowest BCUT2D eigenvalue weighted by Crippen LogP contribution is -2.43. The SMILES string of the molecule is B[C@@H]1O[C@](F)(CO)C(OC)[C@@H]1O. The summed E-state index contributed by atoms with van der Waals surface area (Å²) < 4.78 is 22.9. The van der Waals surface area contributed by atoms with E-state index in [0.29, 0.717) is 0 Å². The highest BCUT2D eigenvalue weighted by molar-refractivity contribution is 6.11. The quantitative estimate of drug-likeness (QED) is 0.480. The molecule has 1 saturated heterocycles. The summed E-state index contributed by atoms with van der Waals surface area (Å²) >= 11 is 0. The summed E-state index contributed by atoms with van der Waals surface area (Å²) in [6.07, 6.45) is -2.15. The van der Waals surface area contributed by atoms with Crippen molar-refractivity contribution in [1.29, 1.82) is 0 Å². The molecule has 0 aromatic heterocycles. The Bertz CT molecular complexity index is 170. The molecular formula is C6H12BFO4. The van der Waals surface area contributed by atoms with E-state index in [4.69, 9.17) is 14.6 Å². The van der Waals surface area contributed by atoms with E-state index < -0.39 is 30.7 Å². The van der Waals surface area contributed by atoms with E-state index in [1.54, 1.807) is 0 Å². The van der Waals surface area contributed by atoms with E-state index in [0.717, 1.165) is 0 Å². The second-order valence-electron chi connectivity index (χ2n) is 2.91. The Kier molecular flexibility index (Phi) is 2.72. The van der Waals surface area contributed by atoms with Gasteiger partial charge in [-0.1, -0.05) is 0 Å². The van der Waals surface area contributed by atoms with Gasteiger partial charge < -0.3 is 19.7 Å². The number of ether oxygens (including phenoxy) is 2. The topological polar surface area (TPSA) is 58.9 Å². The van der Waals surface area contributed by atoms with Crippen molar-refractivity contribution in [1.82, 2.24) is 0 Å². The van der Waals surface area contributed by atoms with Crippen LogP contribution in [-0.2, 0) is 9.47 Å². The zero-order chi connectivity index (χ0) is 9.35. The van der Waals surface area contributed by atoms with Crippen molar-refractivity contribution in [3.05, 3.63) is 0 Å². The fourth-order valence-electron chi connectivity index (χ4n) is 1.39. The Morgan fingerprint density at radius 2 is 2.33 bits per heavy atom. The molecule has 6 heteroatoms. The molecule has 0 aromatic carbocycles. The van der Waals surface area contributed by atoms with Crippen LogP contribution in [0.15, 0.2) is 0 Å². The number of alkyl halides is 1. The van der Waals surface area contributed by atoms with Crippen LogP contribution in [0, 0.1) is 0 Å². The molecule has 0 saturated carbocycles. The lowest BCUT2D eigenvalue weighted by Gasteiger charge is -2.23. The molecule has 1 fully saturated rings. The minimum absolute atomic E-state index is 0.660. The molecule has 12 heavy (non-hydrogen) atoms. The van der Waals surface area contributed by atoms with Crippen LogP contribution in [-0.4, -0.2) is 55.8 Å². The van der Waals surface area contributed by atoms with Crippen molar-refractivity contribution in [2.75, 3.05) is 13.7 Å². The van der Waals surface area contributed by atoms with Gasteiger partial charge in [-0.25, -0.2) is 4.39 Å². The number of hydrogen-bond donors (Lipinski definition) is 2. The van der Waals surface area contributed by atoms with Gasteiger partial charge in [0.25, 0.3) is 5.85 Å². The minimum Gasteiger partial charge on any atom is -0.390 e. The first-order chi connectivity index (χ1) is 5.55. The van der Waals surface area contributed by atoms with Crippen LogP contribution in [0.2, 0.25) is 0 Å². The number of halogens is 1. The number of hydrogen-bond acceptors (Lipinski definition) is 4. The maximum Gasteiger partial charge on any atom is 0.261 e.